The number of benzene rings is 3. The molecule has 116 valence electrons. The minimum absolute atomic E-state index is 0.340. The predicted molar refractivity (Wildman–Crippen MR) is 90.2 cm³/mol. The minimum atomic E-state index is -4.36. The van der Waals surface area contributed by atoms with Crippen LogP contribution in [-0.4, -0.2) is 0 Å². The molecule has 3 rings (SSSR count). The van der Waals surface area contributed by atoms with Crippen molar-refractivity contribution in [1.82, 2.24) is 0 Å². The van der Waals surface area contributed by atoms with Gasteiger partial charge in [0.2, 0.25) is 0 Å². The molecular formula is C19H14F3P. The molecule has 0 fully saturated rings. The van der Waals surface area contributed by atoms with Gasteiger partial charge >= 0.3 is 6.18 Å². The summed E-state index contributed by atoms with van der Waals surface area (Å²) in [5, 5.41) is 2.16. The van der Waals surface area contributed by atoms with Gasteiger partial charge < -0.3 is 0 Å². The Morgan fingerprint density at radius 1 is 0.565 bits per heavy atom. The van der Waals surface area contributed by atoms with E-state index in [2.05, 4.69) is 0 Å². The Labute approximate surface area is 134 Å². The normalized spacial score (nSPS) is 11.7. The summed E-state index contributed by atoms with van der Waals surface area (Å²) < 4.78 is 40.4. The largest absolute Gasteiger partial charge is 0.417 e. The fourth-order valence-corrected chi connectivity index (χ4v) is 4.96. The van der Waals surface area contributed by atoms with Gasteiger partial charge in [-0.25, -0.2) is 0 Å². The maximum absolute atomic E-state index is 13.5. The van der Waals surface area contributed by atoms with Crippen LogP contribution in [0.1, 0.15) is 5.56 Å². The summed E-state index contributed by atoms with van der Waals surface area (Å²) in [6.45, 7) is 0. The van der Waals surface area contributed by atoms with E-state index < -0.39 is 19.7 Å². The summed E-state index contributed by atoms with van der Waals surface area (Å²) in [5.41, 5.74) is -0.557. The second-order valence-corrected chi connectivity index (χ2v) is 7.21. The molecule has 3 aromatic carbocycles. The Kier molecular flexibility index (Phi) is 4.49. The molecule has 0 aliphatic heterocycles. The summed E-state index contributed by atoms with van der Waals surface area (Å²) in [6.07, 6.45) is -4.36. The topological polar surface area (TPSA) is 0 Å². The second kappa shape index (κ2) is 6.55. The molecule has 0 radical (unpaired) electrons. The molecule has 0 amide bonds. The standard InChI is InChI=1S/C19H14F3P/c20-19(21,22)17-13-7-8-14-18(17)23(15-9-3-1-4-10-15)16-11-5-2-6-12-16/h1-14H. The van der Waals surface area contributed by atoms with Crippen LogP contribution >= 0.6 is 7.92 Å². The first kappa shape index (κ1) is 15.8. The first-order chi connectivity index (χ1) is 11.1. The molecule has 4 heteroatoms. The van der Waals surface area contributed by atoms with Crippen molar-refractivity contribution >= 4 is 23.8 Å². The highest BCUT2D eigenvalue weighted by atomic mass is 31.1. The lowest BCUT2D eigenvalue weighted by Crippen LogP contribution is -2.26. The highest BCUT2D eigenvalue weighted by molar-refractivity contribution is 7.79. The van der Waals surface area contributed by atoms with Crippen LogP contribution < -0.4 is 15.9 Å². The average molecular weight is 330 g/mol. The van der Waals surface area contributed by atoms with Crippen LogP contribution in [-0.2, 0) is 6.18 Å². The molecular weight excluding hydrogens is 316 g/mol. The maximum Gasteiger partial charge on any atom is 0.417 e. The first-order valence-electron chi connectivity index (χ1n) is 7.14. The molecule has 0 heterocycles. The summed E-state index contributed by atoms with van der Waals surface area (Å²) in [6, 6.07) is 24.7. The number of halogens is 3. The van der Waals surface area contributed by atoms with Crippen LogP contribution in [0.15, 0.2) is 84.9 Å². The molecule has 0 aliphatic rings. The lowest BCUT2D eigenvalue weighted by Gasteiger charge is -2.23. The maximum atomic E-state index is 13.5. The van der Waals surface area contributed by atoms with Crippen molar-refractivity contribution in [3.05, 3.63) is 90.5 Å². The monoisotopic (exact) mass is 330 g/mol. The van der Waals surface area contributed by atoms with Gasteiger partial charge in [0, 0.05) is 0 Å². The molecule has 0 atom stereocenters. The smallest absolute Gasteiger partial charge is 0.166 e. The molecule has 0 aliphatic carbocycles. The van der Waals surface area contributed by atoms with E-state index in [0.717, 1.165) is 16.7 Å². The fourth-order valence-electron chi connectivity index (χ4n) is 2.49. The van der Waals surface area contributed by atoms with Crippen LogP contribution in [0, 0.1) is 0 Å². The number of rotatable bonds is 3. The van der Waals surface area contributed by atoms with Crippen LogP contribution in [0.5, 0.6) is 0 Å². The van der Waals surface area contributed by atoms with Gasteiger partial charge in [0.1, 0.15) is 0 Å². The van der Waals surface area contributed by atoms with E-state index in [9.17, 15) is 13.2 Å². The fraction of sp³-hybridized carbons (Fsp3) is 0.0526. The zero-order valence-electron chi connectivity index (χ0n) is 12.2. The van der Waals surface area contributed by atoms with Crippen LogP contribution in [0.2, 0.25) is 0 Å². The third kappa shape index (κ3) is 3.46. The molecule has 3 aromatic rings. The summed E-state index contributed by atoms with van der Waals surface area (Å²) in [4.78, 5) is 0. The van der Waals surface area contributed by atoms with Gasteiger partial charge in [-0.05, 0) is 29.9 Å². The molecule has 0 N–H and O–H groups in total. The summed E-state index contributed by atoms with van der Waals surface area (Å²) >= 11 is 0. The van der Waals surface area contributed by atoms with Crippen LogP contribution in [0.3, 0.4) is 0 Å². The molecule has 0 unspecified atom stereocenters. The van der Waals surface area contributed by atoms with Gasteiger partial charge in [0.15, 0.2) is 0 Å². The van der Waals surface area contributed by atoms with Crippen molar-refractivity contribution in [2.24, 2.45) is 0 Å². The predicted octanol–water partition coefficient (Wildman–Crippen LogP) is 4.46. The van der Waals surface area contributed by atoms with E-state index in [1.807, 2.05) is 60.7 Å². The Morgan fingerprint density at radius 2 is 1.00 bits per heavy atom. The van der Waals surface area contributed by atoms with Crippen LogP contribution in [0.25, 0.3) is 0 Å². The molecule has 0 saturated carbocycles. The van der Waals surface area contributed by atoms with Crippen molar-refractivity contribution in [2.45, 2.75) is 6.18 Å². The lowest BCUT2D eigenvalue weighted by atomic mass is 10.2. The van der Waals surface area contributed by atoms with E-state index in [1.54, 1.807) is 12.1 Å². The minimum Gasteiger partial charge on any atom is -0.166 e. The van der Waals surface area contributed by atoms with Crippen molar-refractivity contribution in [3.63, 3.8) is 0 Å². The molecule has 0 nitrogen and oxygen atoms in total. The average Bonchev–Trinajstić information content (AvgIpc) is 2.57. The SMILES string of the molecule is FC(F)(F)c1ccccc1P(c1ccccc1)c1ccccc1. The van der Waals surface area contributed by atoms with Gasteiger partial charge in [0.05, 0.1) is 5.56 Å². The zero-order chi connectivity index (χ0) is 16.3. The van der Waals surface area contributed by atoms with Crippen molar-refractivity contribution < 1.29 is 13.2 Å². The number of hydrogen-bond donors (Lipinski definition) is 0. The van der Waals surface area contributed by atoms with Crippen molar-refractivity contribution in [1.29, 1.82) is 0 Å². The van der Waals surface area contributed by atoms with E-state index in [1.165, 1.54) is 6.07 Å². The van der Waals surface area contributed by atoms with Gasteiger partial charge in [-0.15, -0.1) is 0 Å². The Hall–Kier alpha value is -2.12. The Morgan fingerprint density at radius 3 is 1.48 bits per heavy atom. The molecule has 0 saturated heterocycles. The van der Waals surface area contributed by atoms with Gasteiger partial charge in [-0.1, -0.05) is 78.9 Å². The third-order valence-corrected chi connectivity index (χ3v) is 5.98. The number of hydrogen-bond acceptors (Lipinski definition) is 0. The van der Waals surface area contributed by atoms with E-state index in [0.29, 0.717) is 5.30 Å². The van der Waals surface area contributed by atoms with Gasteiger partial charge in [-0.3, -0.25) is 0 Å². The van der Waals surface area contributed by atoms with Crippen LogP contribution in [0.4, 0.5) is 13.2 Å². The molecule has 23 heavy (non-hydrogen) atoms. The van der Waals surface area contributed by atoms with Crippen molar-refractivity contribution in [2.75, 3.05) is 0 Å². The zero-order valence-corrected chi connectivity index (χ0v) is 13.1. The van der Waals surface area contributed by atoms with Crippen molar-refractivity contribution in [3.8, 4) is 0 Å². The van der Waals surface area contributed by atoms with Gasteiger partial charge in [0.25, 0.3) is 0 Å². The summed E-state index contributed by atoms with van der Waals surface area (Å²) in [7, 11) is -1.25. The second-order valence-electron chi connectivity index (χ2n) is 5.02. The van der Waals surface area contributed by atoms with Gasteiger partial charge in [-0.2, -0.15) is 13.2 Å². The van der Waals surface area contributed by atoms with E-state index >= 15 is 0 Å². The molecule has 0 spiro atoms. The molecule has 0 bridgehead atoms. The van der Waals surface area contributed by atoms with E-state index in [4.69, 9.17) is 0 Å². The quantitative estimate of drug-likeness (QED) is 0.622. The Bertz CT molecular complexity index is 728. The highest BCUT2D eigenvalue weighted by Crippen LogP contribution is 2.39. The summed E-state index contributed by atoms with van der Waals surface area (Å²) in [5.74, 6) is 0. The highest BCUT2D eigenvalue weighted by Gasteiger charge is 2.35. The van der Waals surface area contributed by atoms with E-state index in [-0.39, 0.29) is 0 Å². The lowest BCUT2D eigenvalue weighted by molar-refractivity contribution is -0.136. The molecule has 0 aromatic heterocycles. The first-order valence-corrected chi connectivity index (χ1v) is 8.48. The number of alkyl halides is 3. The Balaban J connectivity index is 2.22. The third-order valence-electron chi connectivity index (χ3n) is 3.48.